The zero-order chi connectivity index (χ0) is 7.94. The summed E-state index contributed by atoms with van der Waals surface area (Å²) in [6, 6.07) is 0. The molecule has 3 nitrogen and oxygen atoms in total. The maximum Gasteiger partial charge on any atom is 0.0679 e. The quantitative estimate of drug-likeness (QED) is 0.466. The van der Waals surface area contributed by atoms with Crippen molar-refractivity contribution < 1.29 is 4.84 Å². The molecule has 0 aliphatic carbocycles. The molecule has 1 unspecified atom stereocenters. The van der Waals surface area contributed by atoms with Crippen molar-refractivity contribution in [1.29, 1.82) is 0 Å². The summed E-state index contributed by atoms with van der Waals surface area (Å²) in [7, 11) is 0. The summed E-state index contributed by atoms with van der Waals surface area (Å²) in [5, 5.41) is 3.39. The molecule has 1 rings (SSSR count). The summed E-state index contributed by atoms with van der Waals surface area (Å²) in [6.45, 7) is 3.09. The van der Waals surface area contributed by atoms with Crippen LogP contribution in [0.1, 0.15) is 25.7 Å². The van der Waals surface area contributed by atoms with Gasteiger partial charge in [-0.1, -0.05) is 0 Å². The van der Waals surface area contributed by atoms with E-state index in [9.17, 15) is 0 Å². The van der Waals surface area contributed by atoms with E-state index in [1.807, 2.05) is 0 Å². The number of nitrogens with one attached hydrogen (secondary N) is 1. The molecule has 1 heterocycles. The highest BCUT2D eigenvalue weighted by atomic mass is 16.6. The van der Waals surface area contributed by atoms with E-state index in [0.29, 0.717) is 6.61 Å². The van der Waals surface area contributed by atoms with E-state index in [1.54, 1.807) is 0 Å². The predicted molar refractivity (Wildman–Crippen MR) is 45.0 cm³/mol. The van der Waals surface area contributed by atoms with Crippen LogP contribution in [0.2, 0.25) is 0 Å². The number of rotatable bonds is 4. The molecule has 0 bridgehead atoms. The molecule has 0 amide bonds. The van der Waals surface area contributed by atoms with Crippen LogP contribution in [-0.4, -0.2) is 19.7 Å². The van der Waals surface area contributed by atoms with Crippen molar-refractivity contribution in [2.24, 2.45) is 11.8 Å². The monoisotopic (exact) mass is 158 g/mol. The van der Waals surface area contributed by atoms with Gasteiger partial charge >= 0.3 is 0 Å². The lowest BCUT2D eigenvalue weighted by molar-refractivity contribution is 0.128. The van der Waals surface area contributed by atoms with Gasteiger partial charge in [0, 0.05) is 0 Å². The maximum atomic E-state index is 4.93. The first kappa shape index (κ1) is 8.97. The highest BCUT2D eigenvalue weighted by Crippen LogP contribution is 2.15. The van der Waals surface area contributed by atoms with Gasteiger partial charge in [0.15, 0.2) is 0 Å². The van der Waals surface area contributed by atoms with Crippen molar-refractivity contribution in [2.45, 2.75) is 25.7 Å². The van der Waals surface area contributed by atoms with Crippen LogP contribution >= 0.6 is 0 Å². The number of hydrogen-bond donors (Lipinski definition) is 2. The molecule has 1 atom stereocenters. The van der Waals surface area contributed by atoms with Crippen LogP contribution in [0.25, 0.3) is 0 Å². The van der Waals surface area contributed by atoms with E-state index < -0.39 is 0 Å². The average Bonchev–Trinajstić information content (AvgIpc) is 2.07. The first-order valence-corrected chi connectivity index (χ1v) is 4.46. The van der Waals surface area contributed by atoms with Crippen molar-refractivity contribution in [3.05, 3.63) is 0 Å². The maximum absolute atomic E-state index is 4.93. The molecule has 1 aliphatic heterocycles. The van der Waals surface area contributed by atoms with E-state index in [-0.39, 0.29) is 0 Å². The minimum Gasteiger partial charge on any atom is -0.316 e. The van der Waals surface area contributed by atoms with Crippen molar-refractivity contribution in [1.82, 2.24) is 5.32 Å². The van der Waals surface area contributed by atoms with Gasteiger partial charge in [-0.15, -0.1) is 0 Å². The van der Waals surface area contributed by atoms with Gasteiger partial charge in [0.25, 0.3) is 0 Å². The number of piperidine rings is 1. The first-order chi connectivity index (χ1) is 5.43. The summed E-state index contributed by atoms with van der Waals surface area (Å²) < 4.78 is 0. The summed E-state index contributed by atoms with van der Waals surface area (Å²) >= 11 is 0. The highest BCUT2D eigenvalue weighted by Gasteiger charge is 2.11. The van der Waals surface area contributed by atoms with Gasteiger partial charge in [-0.05, 0) is 44.7 Å². The molecule has 0 aromatic heterocycles. The van der Waals surface area contributed by atoms with Gasteiger partial charge in [-0.25, -0.2) is 5.90 Å². The third kappa shape index (κ3) is 3.70. The lowest BCUT2D eigenvalue weighted by atomic mass is 9.95. The molecule has 1 saturated heterocycles. The van der Waals surface area contributed by atoms with E-state index in [4.69, 9.17) is 5.90 Å². The third-order valence-electron chi connectivity index (χ3n) is 2.27. The summed E-state index contributed by atoms with van der Waals surface area (Å²) in [6.07, 6.45) is 5.05. The predicted octanol–water partition coefficient (Wildman–Crippen LogP) is 0.656. The van der Waals surface area contributed by atoms with Crippen LogP contribution in [0, 0.1) is 5.92 Å². The van der Waals surface area contributed by atoms with E-state index in [0.717, 1.165) is 12.3 Å². The second-order valence-electron chi connectivity index (χ2n) is 3.23. The summed E-state index contributed by atoms with van der Waals surface area (Å²) in [5.74, 6) is 5.79. The largest absolute Gasteiger partial charge is 0.316 e. The van der Waals surface area contributed by atoms with Crippen LogP contribution in [0.15, 0.2) is 0 Å². The fourth-order valence-corrected chi connectivity index (χ4v) is 1.63. The van der Waals surface area contributed by atoms with Gasteiger partial charge in [-0.3, -0.25) is 0 Å². The van der Waals surface area contributed by atoms with Gasteiger partial charge < -0.3 is 10.2 Å². The van der Waals surface area contributed by atoms with E-state index >= 15 is 0 Å². The Kier molecular flexibility index (Phi) is 4.50. The average molecular weight is 158 g/mol. The van der Waals surface area contributed by atoms with Crippen molar-refractivity contribution in [2.75, 3.05) is 19.7 Å². The minimum absolute atomic E-state index is 0.705. The Labute approximate surface area is 68.2 Å². The summed E-state index contributed by atoms with van der Waals surface area (Å²) in [4.78, 5) is 4.51. The molecule has 1 aliphatic rings. The molecule has 11 heavy (non-hydrogen) atoms. The second-order valence-corrected chi connectivity index (χ2v) is 3.23. The van der Waals surface area contributed by atoms with Crippen molar-refractivity contribution in [3.63, 3.8) is 0 Å². The molecule has 3 N–H and O–H groups in total. The van der Waals surface area contributed by atoms with Crippen LogP contribution in [0.4, 0.5) is 0 Å². The Balaban J connectivity index is 1.96. The Hall–Kier alpha value is -0.120. The SMILES string of the molecule is NOCCCC1CCCNC1. The Morgan fingerprint density at radius 3 is 3.09 bits per heavy atom. The van der Waals surface area contributed by atoms with Crippen LogP contribution in [0.5, 0.6) is 0 Å². The molecule has 3 heteroatoms. The van der Waals surface area contributed by atoms with Crippen molar-refractivity contribution in [3.8, 4) is 0 Å². The van der Waals surface area contributed by atoms with Crippen LogP contribution < -0.4 is 11.2 Å². The first-order valence-electron chi connectivity index (χ1n) is 4.46. The normalized spacial score (nSPS) is 25.4. The smallest absolute Gasteiger partial charge is 0.0679 e. The van der Waals surface area contributed by atoms with Gasteiger partial charge in [0.1, 0.15) is 0 Å². The van der Waals surface area contributed by atoms with Gasteiger partial charge in [0.05, 0.1) is 6.61 Å². The molecule has 0 aromatic carbocycles. The van der Waals surface area contributed by atoms with Crippen molar-refractivity contribution >= 4 is 0 Å². The molecule has 1 fully saturated rings. The van der Waals surface area contributed by atoms with E-state index in [2.05, 4.69) is 10.2 Å². The molecule has 0 spiro atoms. The number of nitrogens with two attached hydrogens (primary N) is 1. The molecule has 0 saturated carbocycles. The molecular weight excluding hydrogens is 140 g/mol. The highest BCUT2D eigenvalue weighted by molar-refractivity contribution is 4.68. The van der Waals surface area contributed by atoms with Crippen LogP contribution in [-0.2, 0) is 4.84 Å². The lowest BCUT2D eigenvalue weighted by Gasteiger charge is -2.22. The lowest BCUT2D eigenvalue weighted by Crippen LogP contribution is -2.29. The summed E-state index contributed by atoms with van der Waals surface area (Å²) in [5.41, 5.74) is 0. The van der Waals surface area contributed by atoms with Crippen LogP contribution in [0.3, 0.4) is 0 Å². The Bertz CT molecular complexity index is 92.1. The standard InChI is InChI=1S/C8H18N2O/c9-11-6-2-4-8-3-1-5-10-7-8/h8,10H,1-7,9H2. The van der Waals surface area contributed by atoms with Gasteiger partial charge in [0.2, 0.25) is 0 Å². The zero-order valence-corrected chi connectivity index (χ0v) is 7.01. The van der Waals surface area contributed by atoms with E-state index in [1.165, 1.54) is 32.4 Å². The van der Waals surface area contributed by atoms with Gasteiger partial charge in [-0.2, -0.15) is 0 Å². The minimum atomic E-state index is 0.705. The fourth-order valence-electron chi connectivity index (χ4n) is 1.63. The Morgan fingerprint density at radius 1 is 1.55 bits per heavy atom. The zero-order valence-electron chi connectivity index (χ0n) is 7.01. The molecular formula is C8H18N2O. The molecule has 0 aromatic rings. The molecule has 0 radical (unpaired) electrons. The topological polar surface area (TPSA) is 47.3 Å². The second kappa shape index (κ2) is 5.52. The third-order valence-corrected chi connectivity index (χ3v) is 2.27. The molecule has 66 valence electrons. The number of hydrogen-bond acceptors (Lipinski definition) is 3. The Morgan fingerprint density at radius 2 is 2.45 bits per heavy atom. The fraction of sp³-hybridized carbons (Fsp3) is 1.00.